The molecule has 1 aromatic carbocycles. The highest BCUT2D eigenvalue weighted by molar-refractivity contribution is 5.76. The number of carbonyl (C=O) groups is 1. The molecule has 2 rings (SSSR count). The fourth-order valence-corrected chi connectivity index (χ4v) is 2.40. The number of alkyl halides is 2. The Morgan fingerprint density at radius 3 is 2.70 bits per heavy atom. The molecule has 0 unspecified atom stereocenters. The summed E-state index contributed by atoms with van der Waals surface area (Å²) in [7, 11) is 0. The van der Waals surface area contributed by atoms with Gasteiger partial charge in [0.25, 0.3) is 0 Å². The third-order valence-electron chi connectivity index (χ3n) is 3.64. The molecule has 0 aliphatic carbocycles. The first-order valence-corrected chi connectivity index (χ1v) is 7.76. The second kappa shape index (κ2) is 8.41. The molecule has 0 radical (unpaired) electrons. The van der Waals surface area contributed by atoms with Crippen LogP contribution in [0.5, 0.6) is 0 Å². The number of carbonyl (C=O) groups excluding carboxylic acids is 1. The lowest BCUT2D eigenvalue weighted by molar-refractivity contribution is -0.122. The molecule has 1 aromatic heterocycles. The molecule has 1 atom stereocenters. The second-order valence-electron chi connectivity index (χ2n) is 5.37. The molecule has 1 N–H and O–H groups in total. The maximum Gasteiger partial charge on any atom is 0.319 e. The van der Waals surface area contributed by atoms with Gasteiger partial charge in [-0.1, -0.05) is 43.7 Å². The quantitative estimate of drug-likeness (QED) is 0.802. The molecule has 1 heterocycles. The number of hydrogen-bond donors (Lipinski definition) is 1. The molecule has 4 nitrogen and oxygen atoms in total. The van der Waals surface area contributed by atoms with E-state index in [1.807, 2.05) is 37.3 Å². The van der Waals surface area contributed by atoms with Gasteiger partial charge < -0.3 is 5.32 Å². The number of rotatable bonds is 8. The van der Waals surface area contributed by atoms with Gasteiger partial charge in [0, 0.05) is 25.2 Å². The minimum Gasteiger partial charge on any atom is -0.349 e. The summed E-state index contributed by atoms with van der Waals surface area (Å²) in [5.74, 6) is 0.181. The van der Waals surface area contributed by atoms with Crippen LogP contribution in [0.15, 0.2) is 42.7 Å². The van der Waals surface area contributed by atoms with Crippen molar-refractivity contribution in [3.05, 3.63) is 54.1 Å². The maximum atomic E-state index is 13.0. The number of imidazole rings is 1. The van der Waals surface area contributed by atoms with Crippen LogP contribution in [-0.4, -0.2) is 15.5 Å². The van der Waals surface area contributed by atoms with Gasteiger partial charge in [-0.2, -0.15) is 8.78 Å². The Bertz CT molecular complexity index is 613. The molecule has 0 aliphatic heterocycles. The van der Waals surface area contributed by atoms with Gasteiger partial charge in [0.1, 0.15) is 5.82 Å². The fourth-order valence-electron chi connectivity index (χ4n) is 2.40. The maximum absolute atomic E-state index is 13.0. The van der Waals surface area contributed by atoms with E-state index in [0.29, 0.717) is 6.42 Å². The van der Waals surface area contributed by atoms with E-state index >= 15 is 0 Å². The first-order chi connectivity index (χ1) is 11.1. The lowest BCUT2D eigenvalue weighted by atomic mass is 10.0. The summed E-state index contributed by atoms with van der Waals surface area (Å²) in [5, 5.41) is 2.94. The zero-order chi connectivity index (χ0) is 16.7. The van der Waals surface area contributed by atoms with Gasteiger partial charge >= 0.3 is 6.55 Å². The normalized spacial score (nSPS) is 12.3. The van der Waals surface area contributed by atoms with Crippen LogP contribution < -0.4 is 5.32 Å². The molecule has 0 saturated carbocycles. The monoisotopic (exact) mass is 321 g/mol. The van der Waals surface area contributed by atoms with E-state index < -0.39 is 6.55 Å². The highest BCUT2D eigenvalue weighted by Crippen LogP contribution is 2.21. The number of nitrogens with zero attached hydrogens (tertiary/aromatic N) is 2. The van der Waals surface area contributed by atoms with Crippen molar-refractivity contribution >= 4 is 5.91 Å². The number of halogens is 2. The van der Waals surface area contributed by atoms with Crippen molar-refractivity contribution in [2.24, 2.45) is 0 Å². The van der Waals surface area contributed by atoms with Crippen LogP contribution in [0.2, 0.25) is 0 Å². The van der Waals surface area contributed by atoms with Gasteiger partial charge in [0.2, 0.25) is 5.91 Å². The van der Waals surface area contributed by atoms with Crippen LogP contribution in [0.3, 0.4) is 0 Å². The van der Waals surface area contributed by atoms with Crippen molar-refractivity contribution in [3.8, 4) is 0 Å². The third-order valence-corrected chi connectivity index (χ3v) is 3.64. The molecule has 6 heteroatoms. The highest BCUT2D eigenvalue weighted by Gasteiger charge is 2.19. The Morgan fingerprint density at radius 1 is 1.30 bits per heavy atom. The molecule has 0 fully saturated rings. The zero-order valence-electron chi connectivity index (χ0n) is 13.1. The zero-order valence-corrected chi connectivity index (χ0v) is 13.1. The van der Waals surface area contributed by atoms with E-state index in [-0.39, 0.29) is 24.2 Å². The average Bonchev–Trinajstić information content (AvgIpc) is 3.01. The summed E-state index contributed by atoms with van der Waals surface area (Å²) >= 11 is 0. The molecular formula is C17H21F2N3O. The van der Waals surface area contributed by atoms with E-state index in [9.17, 15) is 13.6 Å². The molecule has 23 heavy (non-hydrogen) atoms. The van der Waals surface area contributed by atoms with Gasteiger partial charge in [0.05, 0.1) is 6.04 Å². The van der Waals surface area contributed by atoms with Crippen LogP contribution in [0.25, 0.3) is 0 Å². The standard InChI is InChI=1S/C17H21F2N3O/c1-2-3-9-16(23)21-14(13-7-5-4-6-8-13)12-15-20-10-11-22(15)17(18)19/h4-8,10-11,14,17H,2-3,9,12H2,1H3,(H,21,23)/t14-/m0/s1. The second-order valence-corrected chi connectivity index (χ2v) is 5.37. The molecule has 124 valence electrons. The Labute approximate surface area is 134 Å². The average molecular weight is 321 g/mol. The van der Waals surface area contributed by atoms with Crippen molar-refractivity contribution in [1.29, 1.82) is 0 Å². The number of hydrogen-bond acceptors (Lipinski definition) is 2. The smallest absolute Gasteiger partial charge is 0.319 e. The van der Waals surface area contributed by atoms with Gasteiger partial charge in [-0.15, -0.1) is 0 Å². The van der Waals surface area contributed by atoms with E-state index in [2.05, 4.69) is 10.3 Å². The number of aromatic nitrogens is 2. The van der Waals surface area contributed by atoms with Crippen molar-refractivity contribution in [3.63, 3.8) is 0 Å². The number of unbranched alkanes of at least 4 members (excludes halogenated alkanes) is 1. The third kappa shape index (κ3) is 4.87. The van der Waals surface area contributed by atoms with Crippen molar-refractivity contribution in [2.75, 3.05) is 0 Å². The number of nitrogens with one attached hydrogen (secondary N) is 1. The summed E-state index contributed by atoms with van der Waals surface area (Å²) in [6.45, 7) is -0.624. The summed E-state index contributed by atoms with van der Waals surface area (Å²) in [4.78, 5) is 16.1. The van der Waals surface area contributed by atoms with Crippen LogP contribution in [0.1, 0.15) is 50.2 Å². The lowest BCUT2D eigenvalue weighted by Crippen LogP contribution is -2.30. The Morgan fingerprint density at radius 2 is 2.04 bits per heavy atom. The summed E-state index contributed by atoms with van der Waals surface area (Å²) in [6.07, 6.45) is 4.99. The lowest BCUT2D eigenvalue weighted by Gasteiger charge is -2.19. The Hall–Kier alpha value is -2.24. The highest BCUT2D eigenvalue weighted by atomic mass is 19.3. The van der Waals surface area contributed by atoms with Crippen LogP contribution in [0.4, 0.5) is 8.78 Å². The molecule has 0 aliphatic rings. The topological polar surface area (TPSA) is 46.9 Å². The van der Waals surface area contributed by atoms with Crippen LogP contribution in [0, 0.1) is 0 Å². The molecular weight excluding hydrogens is 300 g/mol. The predicted octanol–water partition coefficient (Wildman–Crippen LogP) is 3.87. The fraction of sp³-hybridized carbons (Fsp3) is 0.412. The Balaban J connectivity index is 2.16. The van der Waals surface area contributed by atoms with Crippen LogP contribution >= 0.6 is 0 Å². The summed E-state index contributed by atoms with van der Waals surface area (Å²) in [5.41, 5.74) is 0.876. The van der Waals surface area contributed by atoms with Crippen LogP contribution in [-0.2, 0) is 11.2 Å². The molecule has 2 aromatic rings. The first-order valence-electron chi connectivity index (χ1n) is 7.76. The van der Waals surface area contributed by atoms with Crippen molar-refractivity contribution in [2.45, 2.75) is 45.2 Å². The van der Waals surface area contributed by atoms with E-state index in [4.69, 9.17) is 0 Å². The van der Waals surface area contributed by atoms with Crippen molar-refractivity contribution < 1.29 is 13.6 Å². The van der Waals surface area contributed by atoms with E-state index in [1.165, 1.54) is 12.4 Å². The predicted molar refractivity (Wildman–Crippen MR) is 84.0 cm³/mol. The first kappa shape index (κ1) is 17.1. The SMILES string of the molecule is CCCCC(=O)N[C@@H](Cc1nccn1C(F)F)c1ccccc1. The molecule has 0 bridgehead atoms. The minimum atomic E-state index is -2.64. The largest absolute Gasteiger partial charge is 0.349 e. The van der Waals surface area contributed by atoms with E-state index in [0.717, 1.165) is 23.0 Å². The van der Waals surface area contributed by atoms with Crippen molar-refractivity contribution in [1.82, 2.24) is 14.9 Å². The van der Waals surface area contributed by atoms with E-state index in [1.54, 1.807) is 0 Å². The molecule has 0 spiro atoms. The molecule has 0 saturated heterocycles. The minimum absolute atomic E-state index is 0.0733. The summed E-state index contributed by atoms with van der Waals surface area (Å²) in [6, 6.07) is 8.97. The van der Waals surface area contributed by atoms with Gasteiger partial charge in [-0.25, -0.2) is 4.98 Å². The number of amides is 1. The number of benzene rings is 1. The van der Waals surface area contributed by atoms with Gasteiger partial charge in [0.15, 0.2) is 0 Å². The van der Waals surface area contributed by atoms with Gasteiger partial charge in [-0.05, 0) is 12.0 Å². The van der Waals surface area contributed by atoms with Gasteiger partial charge in [-0.3, -0.25) is 9.36 Å². The molecule has 1 amide bonds. The Kier molecular flexibility index (Phi) is 6.26. The summed E-state index contributed by atoms with van der Waals surface area (Å²) < 4.78 is 26.8.